The highest BCUT2D eigenvalue weighted by atomic mass is 32.1. The minimum atomic E-state index is 0.00101. The number of amides is 1. The molecule has 4 nitrogen and oxygen atoms in total. The summed E-state index contributed by atoms with van der Waals surface area (Å²) in [5, 5.41) is 4.18. The normalized spacial score (nSPS) is 24.6. The van der Waals surface area contributed by atoms with E-state index in [9.17, 15) is 9.59 Å². The van der Waals surface area contributed by atoms with Crippen molar-refractivity contribution >= 4 is 33.1 Å². The SMILES string of the molecule is O=C(NC1CC1)c1cccc(-c2cccc3cc(C(=O)C[C@H]4CN5CCC4CC5)sc23)c1. The molecule has 1 N–H and O–H groups in total. The van der Waals surface area contributed by atoms with E-state index < -0.39 is 0 Å². The predicted molar refractivity (Wildman–Crippen MR) is 129 cm³/mol. The van der Waals surface area contributed by atoms with Gasteiger partial charge in [0.1, 0.15) is 0 Å². The minimum absolute atomic E-state index is 0.00101. The fourth-order valence-electron chi connectivity index (χ4n) is 5.41. The summed E-state index contributed by atoms with van der Waals surface area (Å²) < 4.78 is 1.13. The number of hydrogen-bond acceptors (Lipinski definition) is 4. The Bertz CT molecular complexity index is 1190. The molecule has 1 saturated carbocycles. The Balaban J connectivity index is 1.27. The Kier molecular flexibility index (Phi) is 5.11. The first kappa shape index (κ1) is 20.1. The smallest absolute Gasteiger partial charge is 0.251 e. The van der Waals surface area contributed by atoms with E-state index in [0.29, 0.717) is 23.9 Å². The van der Waals surface area contributed by atoms with Crippen LogP contribution in [0.25, 0.3) is 21.2 Å². The number of Topliss-reactive ketones (excluding diaryl/α,β-unsaturated/α-hetero) is 1. The Labute approximate surface area is 192 Å². The fraction of sp³-hybridized carbons (Fsp3) is 0.407. The van der Waals surface area contributed by atoms with Crippen LogP contribution >= 0.6 is 11.3 Å². The number of carbonyl (C=O) groups excluding carboxylic acids is 2. The van der Waals surface area contributed by atoms with Crippen LogP contribution in [0, 0.1) is 11.8 Å². The van der Waals surface area contributed by atoms with Crippen LogP contribution in [0.2, 0.25) is 0 Å². The van der Waals surface area contributed by atoms with Crippen LogP contribution < -0.4 is 5.32 Å². The molecular formula is C27H28N2O2S. The van der Waals surface area contributed by atoms with Gasteiger partial charge in [0.25, 0.3) is 5.91 Å². The van der Waals surface area contributed by atoms with Crippen LogP contribution in [0.1, 0.15) is 52.1 Å². The topological polar surface area (TPSA) is 49.4 Å². The molecule has 32 heavy (non-hydrogen) atoms. The van der Waals surface area contributed by atoms with Crippen molar-refractivity contribution in [1.29, 1.82) is 0 Å². The monoisotopic (exact) mass is 444 g/mol. The van der Waals surface area contributed by atoms with Gasteiger partial charge < -0.3 is 10.2 Å². The summed E-state index contributed by atoms with van der Waals surface area (Å²) in [6.45, 7) is 3.50. The first-order valence-electron chi connectivity index (χ1n) is 11.8. The second-order valence-electron chi connectivity index (χ2n) is 9.69. The summed E-state index contributed by atoms with van der Waals surface area (Å²) in [5.74, 6) is 1.52. The Morgan fingerprint density at radius 2 is 1.81 bits per heavy atom. The molecule has 4 fully saturated rings. The summed E-state index contributed by atoms with van der Waals surface area (Å²) in [6.07, 6.45) is 5.32. The molecule has 164 valence electrons. The average molecular weight is 445 g/mol. The summed E-state index contributed by atoms with van der Waals surface area (Å²) in [7, 11) is 0. The first-order chi connectivity index (χ1) is 15.6. The molecule has 4 heterocycles. The molecule has 2 bridgehead atoms. The molecule has 0 spiro atoms. The number of piperidine rings is 3. The van der Waals surface area contributed by atoms with Crippen molar-refractivity contribution in [2.75, 3.05) is 19.6 Å². The van der Waals surface area contributed by atoms with Crippen molar-refractivity contribution < 1.29 is 9.59 Å². The average Bonchev–Trinajstić information content (AvgIpc) is 3.53. The number of fused-ring (bicyclic) bond motifs is 4. The zero-order valence-electron chi connectivity index (χ0n) is 18.2. The number of rotatable bonds is 6. The molecule has 1 aromatic heterocycles. The summed E-state index contributed by atoms with van der Waals surface area (Å²) >= 11 is 1.61. The number of benzene rings is 2. The highest BCUT2D eigenvalue weighted by Crippen LogP contribution is 2.38. The van der Waals surface area contributed by atoms with Gasteiger partial charge in [0.15, 0.2) is 5.78 Å². The van der Waals surface area contributed by atoms with Crippen LogP contribution in [-0.4, -0.2) is 42.3 Å². The highest BCUT2D eigenvalue weighted by Gasteiger charge is 2.35. The van der Waals surface area contributed by atoms with Gasteiger partial charge in [-0.15, -0.1) is 11.3 Å². The van der Waals surface area contributed by atoms with E-state index in [2.05, 4.69) is 34.5 Å². The molecule has 0 unspecified atom stereocenters. The number of thiophene rings is 1. The largest absolute Gasteiger partial charge is 0.349 e. The van der Waals surface area contributed by atoms with Gasteiger partial charge in [-0.25, -0.2) is 0 Å². The molecule has 0 radical (unpaired) electrons. The molecule has 4 aliphatic rings. The second kappa shape index (κ2) is 8.13. The number of nitrogens with zero attached hydrogens (tertiary/aromatic N) is 1. The summed E-state index contributed by atoms with van der Waals surface area (Å²) in [4.78, 5) is 29.1. The molecule has 1 aliphatic carbocycles. The Hall–Kier alpha value is -2.50. The molecule has 1 amide bonds. The quantitative estimate of drug-likeness (QED) is 0.520. The van der Waals surface area contributed by atoms with Crippen LogP contribution in [0.3, 0.4) is 0 Å². The standard InChI is InChI=1S/C27H28N2O2S/c30-24(14-21-16-29-11-9-17(21)10-12-29)25-15-19-4-2-6-23(26(19)32-25)18-3-1-5-20(13-18)27(31)28-22-7-8-22/h1-6,13,15,17,21-22H,7-12,14,16H2,(H,28,31)/t21-/m0/s1. The Morgan fingerprint density at radius 3 is 2.56 bits per heavy atom. The third kappa shape index (κ3) is 3.89. The van der Waals surface area contributed by atoms with Crippen LogP contribution in [0.5, 0.6) is 0 Å². The van der Waals surface area contributed by atoms with Gasteiger partial charge in [-0.1, -0.05) is 30.3 Å². The predicted octanol–water partition coefficient (Wildman–Crippen LogP) is 5.38. The van der Waals surface area contributed by atoms with E-state index in [1.165, 1.54) is 25.9 Å². The van der Waals surface area contributed by atoms with Crippen LogP contribution in [-0.2, 0) is 0 Å². The number of nitrogens with one attached hydrogen (secondary N) is 1. The van der Waals surface area contributed by atoms with Crippen LogP contribution in [0.4, 0.5) is 0 Å². The summed E-state index contributed by atoms with van der Waals surface area (Å²) in [6, 6.07) is 16.5. The third-order valence-electron chi connectivity index (χ3n) is 7.41. The van der Waals surface area contributed by atoms with Gasteiger partial charge >= 0.3 is 0 Å². The Morgan fingerprint density at radius 1 is 1.00 bits per heavy atom. The van der Waals surface area contributed by atoms with Gasteiger partial charge in [-0.3, -0.25) is 9.59 Å². The van der Waals surface area contributed by atoms with Gasteiger partial charge in [0.05, 0.1) is 4.88 Å². The molecule has 3 saturated heterocycles. The minimum Gasteiger partial charge on any atom is -0.349 e. The van der Waals surface area contributed by atoms with E-state index in [0.717, 1.165) is 51.4 Å². The molecule has 3 aliphatic heterocycles. The van der Waals surface area contributed by atoms with Crippen molar-refractivity contribution in [3.05, 3.63) is 59.0 Å². The lowest BCUT2D eigenvalue weighted by Gasteiger charge is -2.44. The van der Waals surface area contributed by atoms with Gasteiger partial charge in [-0.2, -0.15) is 0 Å². The van der Waals surface area contributed by atoms with E-state index in [-0.39, 0.29) is 11.7 Å². The molecule has 5 heteroatoms. The molecule has 2 aromatic carbocycles. The van der Waals surface area contributed by atoms with Gasteiger partial charge in [0.2, 0.25) is 0 Å². The number of ketones is 1. The maximum Gasteiger partial charge on any atom is 0.251 e. The van der Waals surface area contributed by atoms with E-state index in [1.54, 1.807) is 11.3 Å². The number of hydrogen-bond donors (Lipinski definition) is 1. The van der Waals surface area contributed by atoms with Crippen molar-refractivity contribution in [1.82, 2.24) is 10.2 Å². The zero-order chi connectivity index (χ0) is 21.7. The lowest BCUT2D eigenvalue weighted by Crippen LogP contribution is -2.47. The van der Waals surface area contributed by atoms with E-state index >= 15 is 0 Å². The number of carbonyl (C=O) groups is 2. The summed E-state index contributed by atoms with van der Waals surface area (Å²) in [5.41, 5.74) is 2.81. The van der Waals surface area contributed by atoms with Crippen molar-refractivity contribution in [2.24, 2.45) is 11.8 Å². The van der Waals surface area contributed by atoms with Crippen molar-refractivity contribution in [2.45, 2.75) is 38.1 Å². The van der Waals surface area contributed by atoms with Gasteiger partial charge in [-0.05, 0) is 85.3 Å². The van der Waals surface area contributed by atoms with E-state index in [1.807, 2.05) is 24.3 Å². The van der Waals surface area contributed by atoms with Crippen molar-refractivity contribution in [3.8, 4) is 11.1 Å². The highest BCUT2D eigenvalue weighted by molar-refractivity contribution is 7.21. The van der Waals surface area contributed by atoms with Crippen LogP contribution in [0.15, 0.2) is 48.5 Å². The lowest BCUT2D eigenvalue weighted by molar-refractivity contribution is 0.0442. The van der Waals surface area contributed by atoms with Gasteiger partial charge in [0, 0.05) is 29.3 Å². The lowest BCUT2D eigenvalue weighted by atomic mass is 9.76. The van der Waals surface area contributed by atoms with Crippen molar-refractivity contribution in [3.63, 3.8) is 0 Å². The molecular weight excluding hydrogens is 416 g/mol. The maximum atomic E-state index is 13.2. The maximum absolute atomic E-state index is 13.2. The van der Waals surface area contributed by atoms with E-state index in [4.69, 9.17) is 0 Å². The zero-order valence-corrected chi connectivity index (χ0v) is 19.0. The second-order valence-corrected chi connectivity index (χ2v) is 10.7. The molecule has 3 aromatic rings. The third-order valence-corrected chi connectivity index (χ3v) is 8.63. The molecule has 1 atom stereocenters. The fourth-order valence-corrected chi connectivity index (χ4v) is 6.55. The first-order valence-corrected chi connectivity index (χ1v) is 12.6. The molecule has 7 rings (SSSR count).